The van der Waals surface area contributed by atoms with E-state index in [1.165, 1.54) is 0 Å². The van der Waals surface area contributed by atoms with Gasteiger partial charge in [-0.1, -0.05) is 42.5 Å². The van der Waals surface area contributed by atoms with Crippen LogP contribution in [-0.2, 0) is 16.4 Å². The van der Waals surface area contributed by atoms with Gasteiger partial charge in [-0.3, -0.25) is 4.72 Å². The van der Waals surface area contributed by atoms with Gasteiger partial charge in [-0.25, -0.2) is 13.2 Å². The Kier molecular flexibility index (Phi) is 13.1. The molecule has 0 fully saturated rings. The first kappa shape index (κ1) is 33.2. The Morgan fingerprint density at radius 2 is 1.63 bits per heavy atom. The summed E-state index contributed by atoms with van der Waals surface area (Å²) >= 11 is 0. The molecule has 4 N–H and O–H groups in total. The molecule has 0 aliphatic heterocycles. The van der Waals surface area contributed by atoms with E-state index < -0.39 is 22.1 Å². The minimum atomic E-state index is -3.38. The minimum Gasteiger partial charge on any atom is -0.490 e. The van der Waals surface area contributed by atoms with Crippen LogP contribution in [0.3, 0.4) is 0 Å². The molecule has 8 nitrogen and oxygen atoms in total. The van der Waals surface area contributed by atoms with E-state index in [0.717, 1.165) is 29.4 Å². The Bertz CT molecular complexity index is 1300. The molecule has 0 aliphatic carbocycles. The fraction of sp³-hybridized carbons (Fsp3) is 0.296. The van der Waals surface area contributed by atoms with Gasteiger partial charge in [0.15, 0.2) is 0 Å². The van der Waals surface area contributed by atoms with Crippen molar-refractivity contribution in [1.82, 2.24) is 5.32 Å². The highest BCUT2D eigenvalue weighted by Gasteiger charge is 2.14. The number of sulfonamides is 1. The molecule has 3 aromatic rings. The Balaban J connectivity index is 0.00000361. The number of aliphatic hydroxyl groups excluding tert-OH is 1. The second-order valence-corrected chi connectivity index (χ2v) is 10.6. The Labute approximate surface area is 236 Å². The largest absolute Gasteiger partial charge is 0.490 e. The number of rotatable bonds is 12. The summed E-state index contributed by atoms with van der Waals surface area (Å²) in [6, 6.07) is 19.8. The van der Waals surface area contributed by atoms with E-state index in [0.29, 0.717) is 30.1 Å². The van der Waals surface area contributed by atoms with E-state index in [9.17, 15) is 23.4 Å². The summed E-state index contributed by atoms with van der Waals surface area (Å²) in [6.07, 6.45) is 0.921. The molecule has 0 aromatic heterocycles. The normalized spacial score (nSPS) is 11.7. The van der Waals surface area contributed by atoms with Crippen molar-refractivity contribution in [3.05, 3.63) is 83.4 Å². The van der Waals surface area contributed by atoms with Gasteiger partial charge in [0, 0.05) is 12.2 Å². The number of hydrogen-bond donors (Lipinski definition) is 4. The molecule has 0 saturated heterocycles. The van der Waals surface area contributed by atoms with Crippen LogP contribution in [-0.4, -0.2) is 50.0 Å². The van der Waals surface area contributed by atoms with Gasteiger partial charge in [-0.05, 0) is 73.3 Å². The molecule has 0 heterocycles. The van der Waals surface area contributed by atoms with Gasteiger partial charge in [0.25, 0.3) is 0 Å². The average Bonchev–Trinajstić information content (AvgIpc) is 2.80. The lowest BCUT2D eigenvalue weighted by Crippen LogP contribution is -2.23. The summed E-state index contributed by atoms with van der Waals surface area (Å²) in [7, 11) is -3.38. The molecule has 0 saturated carbocycles. The monoisotopic (exact) mass is 584 g/mol. The summed E-state index contributed by atoms with van der Waals surface area (Å²) in [6.45, 7) is 4.69. The molecule has 3 aromatic carbocycles. The lowest BCUT2D eigenvalue weighted by atomic mass is 10.0. The van der Waals surface area contributed by atoms with Crippen molar-refractivity contribution in [3.8, 4) is 16.9 Å². The topological polar surface area (TPSA) is 125 Å². The summed E-state index contributed by atoms with van der Waals surface area (Å²) in [5.74, 6) is -0.678. The molecular weight excluding hydrogens is 551 g/mol. The van der Waals surface area contributed by atoms with Crippen molar-refractivity contribution in [1.29, 1.82) is 0 Å². The van der Waals surface area contributed by atoms with Gasteiger partial charge in [0.05, 0.1) is 18.5 Å². The van der Waals surface area contributed by atoms with Crippen LogP contribution in [0.2, 0.25) is 0 Å². The first-order valence-corrected chi connectivity index (χ1v) is 13.5. The number of hydrogen-bond acceptors (Lipinski definition) is 6. The second kappa shape index (κ2) is 14.9. The SMILES string of the molecule is CC(C)Oc1cc(-c2ccc(CCNC[C@@H](O)c3cccc(NS(C)(=O)=O)c3)cc2)ccc1C(=O)O.Cl.Cl. The van der Waals surface area contributed by atoms with Crippen LogP contribution >= 0.6 is 24.8 Å². The lowest BCUT2D eigenvalue weighted by Gasteiger charge is -2.14. The third-order valence-corrected chi connectivity index (χ3v) is 5.97. The zero-order valence-electron chi connectivity index (χ0n) is 21.4. The highest BCUT2D eigenvalue weighted by Crippen LogP contribution is 2.28. The number of nitrogens with one attached hydrogen (secondary N) is 2. The van der Waals surface area contributed by atoms with Crippen molar-refractivity contribution >= 4 is 46.5 Å². The van der Waals surface area contributed by atoms with Crippen LogP contribution in [0.15, 0.2) is 66.7 Å². The molecule has 38 heavy (non-hydrogen) atoms. The predicted octanol–water partition coefficient (Wildman–Crippen LogP) is 4.92. The van der Waals surface area contributed by atoms with E-state index in [-0.39, 0.29) is 36.5 Å². The zero-order valence-corrected chi connectivity index (χ0v) is 23.8. The number of benzene rings is 3. The molecule has 0 unspecified atom stereocenters. The fourth-order valence-electron chi connectivity index (χ4n) is 3.71. The van der Waals surface area contributed by atoms with Crippen LogP contribution in [0.25, 0.3) is 11.1 Å². The predicted molar refractivity (Wildman–Crippen MR) is 156 cm³/mol. The molecule has 0 amide bonds. The smallest absolute Gasteiger partial charge is 0.339 e. The quantitative estimate of drug-likeness (QED) is 0.223. The lowest BCUT2D eigenvalue weighted by molar-refractivity contribution is 0.0690. The highest BCUT2D eigenvalue weighted by atomic mass is 35.5. The summed E-state index contributed by atoms with van der Waals surface area (Å²) in [5.41, 5.74) is 4.10. The molecule has 0 aliphatic rings. The summed E-state index contributed by atoms with van der Waals surface area (Å²) < 4.78 is 30.9. The van der Waals surface area contributed by atoms with Crippen LogP contribution in [0.4, 0.5) is 5.69 Å². The van der Waals surface area contributed by atoms with Crippen LogP contribution in [0.5, 0.6) is 5.75 Å². The first-order chi connectivity index (χ1) is 17.0. The maximum absolute atomic E-state index is 11.5. The second-order valence-electron chi connectivity index (χ2n) is 8.85. The van der Waals surface area contributed by atoms with Crippen molar-refractivity contribution in [2.75, 3.05) is 24.1 Å². The number of halogens is 2. The first-order valence-electron chi connectivity index (χ1n) is 11.6. The molecular formula is C27H34Cl2N2O6S. The van der Waals surface area contributed by atoms with Crippen LogP contribution < -0.4 is 14.8 Å². The van der Waals surface area contributed by atoms with E-state index in [2.05, 4.69) is 10.0 Å². The van der Waals surface area contributed by atoms with Crippen molar-refractivity contribution in [2.24, 2.45) is 0 Å². The molecule has 0 bridgehead atoms. The third kappa shape index (κ3) is 10.2. The minimum absolute atomic E-state index is 0. The van der Waals surface area contributed by atoms with Crippen molar-refractivity contribution < 1.29 is 28.2 Å². The number of aliphatic hydroxyl groups is 1. The Morgan fingerprint density at radius 3 is 2.24 bits per heavy atom. The van der Waals surface area contributed by atoms with Gasteiger partial charge in [-0.15, -0.1) is 24.8 Å². The summed E-state index contributed by atoms with van der Waals surface area (Å²) in [5, 5.41) is 23.1. The van der Waals surface area contributed by atoms with Crippen molar-refractivity contribution in [3.63, 3.8) is 0 Å². The number of aromatic carboxylic acids is 1. The Hall–Kier alpha value is -2.82. The van der Waals surface area contributed by atoms with Crippen LogP contribution in [0.1, 0.15) is 41.4 Å². The maximum Gasteiger partial charge on any atom is 0.339 e. The Morgan fingerprint density at radius 1 is 0.974 bits per heavy atom. The van der Waals surface area contributed by atoms with E-state index >= 15 is 0 Å². The highest BCUT2D eigenvalue weighted by molar-refractivity contribution is 7.92. The van der Waals surface area contributed by atoms with Crippen LogP contribution in [0, 0.1) is 0 Å². The number of carbonyl (C=O) groups is 1. The van der Waals surface area contributed by atoms with E-state index in [4.69, 9.17) is 4.74 Å². The van der Waals surface area contributed by atoms with Gasteiger partial charge >= 0.3 is 5.97 Å². The molecule has 1 atom stereocenters. The third-order valence-electron chi connectivity index (χ3n) is 5.36. The number of carboxylic acid groups (broad SMARTS) is 1. The number of carboxylic acids is 1. The van der Waals surface area contributed by atoms with Gasteiger partial charge in [0.1, 0.15) is 11.3 Å². The van der Waals surface area contributed by atoms with E-state index in [1.807, 2.05) is 38.1 Å². The standard InChI is InChI=1S/C27H32N2O6S.2ClH/c1-18(2)35-26-16-21(11-12-24(26)27(31)32)20-9-7-19(8-10-20)13-14-28-17-25(30)22-5-4-6-23(15-22)29-36(3,33)34;;/h4-12,15-16,18,25,28-30H,13-14,17H2,1-3H3,(H,31,32);2*1H/t25-;;/m1../s1. The van der Waals surface area contributed by atoms with E-state index in [1.54, 1.807) is 42.5 Å². The van der Waals surface area contributed by atoms with Gasteiger partial charge in [-0.2, -0.15) is 0 Å². The number of anilines is 1. The molecule has 208 valence electrons. The van der Waals surface area contributed by atoms with Crippen molar-refractivity contribution in [2.45, 2.75) is 32.5 Å². The van der Waals surface area contributed by atoms with Gasteiger partial charge in [0.2, 0.25) is 10.0 Å². The molecule has 11 heteroatoms. The molecule has 3 rings (SSSR count). The fourth-order valence-corrected chi connectivity index (χ4v) is 4.26. The maximum atomic E-state index is 11.5. The molecule has 0 radical (unpaired) electrons. The molecule has 0 spiro atoms. The van der Waals surface area contributed by atoms with Gasteiger partial charge < -0.3 is 20.3 Å². The summed E-state index contributed by atoms with van der Waals surface area (Å²) in [4.78, 5) is 11.5. The number of ether oxygens (including phenoxy) is 1. The average molecular weight is 586 g/mol. The zero-order chi connectivity index (χ0) is 26.3.